The van der Waals surface area contributed by atoms with E-state index in [4.69, 9.17) is 5.73 Å². The van der Waals surface area contributed by atoms with Crippen molar-refractivity contribution in [3.8, 4) is 0 Å². The standard InChI is InChI=1S/C25H32N8O6/c1-14(34)21(24(37)32-20(25(38)39)9-17-11-28-13-30-17)33-23(36)19(8-16-10-27-12-29-16)31-22(35)18(26)7-15-5-3-2-4-6-15/h2-6,10-14,18-21,34H,7-9,26H2,1H3,(H,27,29)(H,28,30)(H,31,35)(H,32,37)(H,33,36)(H,38,39). The highest BCUT2D eigenvalue weighted by Gasteiger charge is 2.33. The molecule has 0 aliphatic heterocycles. The summed E-state index contributed by atoms with van der Waals surface area (Å²) in [5.74, 6) is -3.61. The fourth-order valence-electron chi connectivity index (χ4n) is 3.80. The van der Waals surface area contributed by atoms with E-state index in [0.717, 1.165) is 5.56 Å². The van der Waals surface area contributed by atoms with E-state index in [0.29, 0.717) is 11.4 Å². The van der Waals surface area contributed by atoms with Crippen molar-refractivity contribution in [1.29, 1.82) is 0 Å². The topological polar surface area (TPSA) is 228 Å². The molecule has 3 aromatic rings. The predicted octanol–water partition coefficient (Wildman–Crippen LogP) is -1.59. The molecule has 3 rings (SSSR count). The van der Waals surface area contributed by atoms with Crippen LogP contribution in [-0.4, -0.2) is 84.1 Å². The molecule has 2 heterocycles. The summed E-state index contributed by atoms with van der Waals surface area (Å²) in [4.78, 5) is 64.1. The molecular formula is C25H32N8O6. The number of carboxylic acids is 1. The maximum absolute atomic E-state index is 13.3. The number of carbonyl (C=O) groups is 4. The van der Waals surface area contributed by atoms with Crippen LogP contribution < -0.4 is 21.7 Å². The van der Waals surface area contributed by atoms with Crippen molar-refractivity contribution in [2.75, 3.05) is 0 Å². The maximum Gasteiger partial charge on any atom is 0.326 e. The van der Waals surface area contributed by atoms with Gasteiger partial charge in [0, 0.05) is 36.6 Å². The predicted molar refractivity (Wildman–Crippen MR) is 138 cm³/mol. The summed E-state index contributed by atoms with van der Waals surface area (Å²) in [7, 11) is 0. The van der Waals surface area contributed by atoms with Crippen LogP contribution in [0, 0.1) is 0 Å². The highest BCUT2D eigenvalue weighted by atomic mass is 16.4. The second kappa shape index (κ2) is 13.8. The third kappa shape index (κ3) is 8.76. The molecular weight excluding hydrogens is 508 g/mol. The Morgan fingerprint density at radius 2 is 1.41 bits per heavy atom. The average molecular weight is 541 g/mol. The summed E-state index contributed by atoms with van der Waals surface area (Å²) < 4.78 is 0. The molecule has 14 heteroatoms. The van der Waals surface area contributed by atoms with Gasteiger partial charge in [0.2, 0.25) is 17.7 Å². The van der Waals surface area contributed by atoms with Crippen molar-refractivity contribution in [1.82, 2.24) is 35.9 Å². The summed E-state index contributed by atoms with van der Waals surface area (Å²) in [6.45, 7) is 1.27. The van der Waals surface area contributed by atoms with Gasteiger partial charge in [0.15, 0.2) is 0 Å². The number of aliphatic hydroxyl groups excluding tert-OH is 1. The molecule has 0 spiro atoms. The summed E-state index contributed by atoms with van der Waals surface area (Å²) in [6.07, 6.45) is 4.40. The van der Waals surface area contributed by atoms with Gasteiger partial charge in [0.25, 0.3) is 0 Å². The SMILES string of the molecule is CC(O)C(NC(=O)C(Cc1cnc[nH]1)NC(=O)C(N)Cc1ccccc1)C(=O)NC(Cc1cnc[nH]1)C(=O)O. The Kier molecular flexibility index (Phi) is 10.3. The molecule has 0 saturated heterocycles. The van der Waals surface area contributed by atoms with Crippen LogP contribution in [0.2, 0.25) is 0 Å². The lowest BCUT2D eigenvalue weighted by Crippen LogP contribution is -2.60. The number of hydrogen-bond acceptors (Lipinski definition) is 8. The smallest absolute Gasteiger partial charge is 0.326 e. The molecule has 0 radical (unpaired) electrons. The van der Waals surface area contributed by atoms with Crippen LogP contribution in [0.25, 0.3) is 0 Å². The Morgan fingerprint density at radius 3 is 1.92 bits per heavy atom. The Morgan fingerprint density at radius 1 is 0.846 bits per heavy atom. The highest BCUT2D eigenvalue weighted by Crippen LogP contribution is 2.06. The van der Waals surface area contributed by atoms with E-state index < -0.39 is 54.0 Å². The highest BCUT2D eigenvalue weighted by molar-refractivity contribution is 5.94. The summed E-state index contributed by atoms with van der Waals surface area (Å²) >= 11 is 0. The van der Waals surface area contributed by atoms with E-state index in [-0.39, 0.29) is 19.3 Å². The normalized spacial score (nSPS) is 14.8. The number of nitrogens with zero attached hydrogens (tertiary/aromatic N) is 2. The number of amides is 3. The molecule has 0 fully saturated rings. The largest absolute Gasteiger partial charge is 0.480 e. The van der Waals surface area contributed by atoms with Crippen molar-refractivity contribution in [3.63, 3.8) is 0 Å². The average Bonchev–Trinajstić information content (AvgIpc) is 3.61. The molecule has 0 saturated carbocycles. The molecule has 2 aromatic heterocycles. The zero-order valence-electron chi connectivity index (χ0n) is 21.2. The Bertz CT molecular complexity index is 1220. The van der Waals surface area contributed by atoms with Crippen LogP contribution in [0.4, 0.5) is 0 Å². The number of imidazole rings is 2. The van der Waals surface area contributed by atoms with Crippen LogP contribution in [0.15, 0.2) is 55.4 Å². The lowest BCUT2D eigenvalue weighted by atomic mass is 10.0. The lowest BCUT2D eigenvalue weighted by molar-refractivity contribution is -0.143. The first-order valence-electron chi connectivity index (χ1n) is 12.2. The molecule has 208 valence electrons. The maximum atomic E-state index is 13.3. The number of nitrogens with two attached hydrogens (primary N) is 1. The zero-order valence-corrected chi connectivity index (χ0v) is 21.2. The van der Waals surface area contributed by atoms with Gasteiger partial charge < -0.3 is 41.9 Å². The number of carbonyl (C=O) groups excluding carboxylic acids is 3. The summed E-state index contributed by atoms with van der Waals surface area (Å²) in [6, 6.07) is 4.11. The lowest BCUT2D eigenvalue weighted by Gasteiger charge is -2.26. The van der Waals surface area contributed by atoms with Crippen molar-refractivity contribution in [2.24, 2.45) is 5.73 Å². The van der Waals surface area contributed by atoms with Crippen LogP contribution >= 0.6 is 0 Å². The van der Waals surface area contributed by atoms with Crippen molar-refractivity contribution < 1.29 is 29.4 Å². The van der Waals surface area contributed by atoms with Gasteiger partial charge in [-0.25, -0.2) is 14.8 Å². The molecule has 14 nitrogen and oxygen atoms in total. The van der Waals surface area contributed by atoms with Gasteiger partial charge in [0.05, 0.1) is 24.8 Å². The van der Waals surface area contributed by atoms with E-state index in [1.54, 1.807) is 0 Å². The molecule has 0 bridgehead atoms. The Balaban J connectivity index is 1.70. The molecule has 3 amide bonds. The number of aromatic nitrogens is 4. The van der Waals surface area contributed by atoms with E-state index >= 15 is 0 Å². The van der Waals surface area contributed by atoms with Gasteiger partial charge >= 0.3 is 5.97 Å². The first-order chi connectivity index (χ1) is 18.6. The van der Waals surface area contributed by atoms with E-state index in [1.165, 1.54) is 32.0 Å². The third-order valence-corrected chi connectivity index (χ3v) is 5.90. The van der Waals surface area contributed by atoms with E-state index in [9.17, 15) is 29.4 Å². The molecule has 0 aliphatic carbocycles. The molecule has 0 aliphatic rings. The minimum Gasteiger partial charge on any atom is -0.480 e. The second-order valence-electron chi connectivity index (χ2n) is 9.05. The number of rotatable bonds is 14. The Labute approximate surface area is 223 Å². The Hall–Kier alpha value is -4.56. The van der Waals surface area contributed by atoms with Gasteiger partial charge in [-0.2, -0.15) is 0 Å². The fraction of sp³-hybridized carbons (Fsp3) is 0.360. The number of aliphatic carboxylic acids is 1. The molecule has 5 atom stereocenters. The molecule has 9 N–H and O–H groups in total. The van der Waals surface area contributed by atoms with Gasteiger partial charge in [0.1, 0.15) is 18.1 Å². The van der Waals surface area contributed by atoms with Crippen LogP contribution in [0.5, 0.6) is 0 Å². The molecule has 1 aromatic carbocycles. The van der Waals surface area contributed by atoms with Crippen molar-refractivity contribution in [2.45, 2.75) is 56.5 Å². The second-order valence-corrected chi connectivity index (χ2v) is 9.05. The zero-order chi connectivity index (χ0) is 28.4. The van der Waals surface area contributed by atoms with Crippen LogP contribution in [0.3, 0.4) is 0 Å². The van der Waals surface area contributed by atoms with E-state index in [2.05, 4.69) is 35.9 Å². The summed E-state index contributed by atoms with van der Waals surface area (Å²) in [5.41, 5.74) is 7.90. The number of carboxylic acid groups (broad SMARTS) is 1. The minimum absolute atomic E-state index is 0.0125. The van der Waals surface area contributed by atoms with Gasteiger partial charge in [-0.05, 0) is 18.9 Å². The number of aliphatic hydroxyl groups is 1. The first-order valence-corrected chi connectivity index (χ1v) is 12.2. The third-order valence-electron chi connectivity index (χ3n) is 5.90. The van der Waals surface area contributed by atoms with E-state index in [1.807, 2.05) is 30.3 Å². The van der Waals surface area contributed by atoms with Crippen molar-refractivity contribution >= 4 is 23.7 Å². The minimum atomic E-state index is -1.51. The number of aromatic amines is 2. The monoisotopic (exact) mass is 540 g/mol. The van der Waals surface area contributed by atoms with Crippen LogP contribution in [0.1, 0.15) is 23.9 Å². The summed E-state index contributed by atoms with van der Waals surface area (Å²) in [5, 5.41) is 27.1. The van der Waals surface area contributed by atoms with Gasteiger partial charge in [-0.3, -0.25) is 14.4 Å². The molecule has 39 heavy (non-hydrogen) atoms. The quantitative estimate of drug-likeness (QED) is 0.118. The van der Waals surface area contributed by atoms with Crippen LogP contribution in [-0.2, 0) is 38.4 Å². The fourth-order valence-corrected chi connectivity index (χ4v) is 3.80. The number of hydrogen-bond donors (Lipinski definition) is 8. The number of benzene rings is 1. The van der Waals surface area contributed by atoms with Gasteiger partial charge in [-0.15, -0.1) is 0 Å². The van der Waals surface area contributed by atoms with Crippen molar-refractivity contribution in [3.05, 3.63) is 72.3 Å². The first kappa shape index (κ1) is 29.0. The van der Waals surface area contributed by atoms with Gasteiger partial charge in [-0.1, -0.05) is 30.3 Å². The number of H-pyrrole nitrogens is 2. The molecule has 5 unspecified atom stereocenters. The number of nitrogens with one attached hydrogen (secondary N) is 5.